The summed E-state index contributed by atoms with van der Waals surface area (Å²) in [5.41, 5.74) is 3.96. The van der Waals surface area contributed by atoms with E-state index in [1.165, 1.54) is 21.5 Å². The maximum Gasteiger partial charge on any atom is 0.336 e. The number of carbonyl (C=O) groups is 1. The number of hydrogen-bond donors (Lipinski definition) is 1. The predicted molar refractivity (Wildman–Crippen MR) is 130 cm³/mol. The molecule has 2 aromatic carbocycles. The Hall–Kier alpha value is -3.45. The lowest BCUT2D eigenvalue weighted by Crippen LogP contribution is -2.40. The number of anilines is 1. The van der Waals surface area contributed by atoms with Crippen LogP contribution in [0.15, 0.2) is 63.5 Å². The van der Waals surface area contributed by atoms with Gasteiger partial charge in [0, 0.05) is 5.69 Å². The number of amides is 1. The summed E-state index contributed by atoms with van der Waals surface area (Å²) < 4.78 is 2.95. The van der Waals surface area contributed by atoms with Gasteiger partial charge in [-0.05, 0) is 72.2 Å². The average molecular weight is 448 g/mol. The maximum absolute atomic E-state index is 13.4. The first-order valence-corrected chi connectivity index (χ1v) is 11.3. The number of aryl methyl sites for hydroxylation is 2. The fourth-order valence-electron chi connectivity index (χ4n) is 3.63. The predicted octanol–water partition coefficient (Wildman–Crippen LogP) is 4.59. The lowest BCUT2D eigenvalue weighted by molar-refractivity contribution is -0.116. The van der Waals surface area contributed by atoms with Crippen LogP contribution in [0.1, 0.15) is 36.5 Å². The highest BCUT2D eigenvalue weighted by Gasteiger charge is 2.18. The van der Waals surface area contributed by atoms with E-state index in [0.717, 1.165) is 15.7 Å². The van der Waals surface area contributed by atoms with Crippen molar-refractivity contribution in [3.8, 4) is 5.69 Å². The van der Waals surface area contributed by atoms with Crippen molar-refractivity contribution in [3.63, 3.8) is 0 Å². The molecule has 0 fully saturated rings. The standard InChI is InChI=1S/C25H25N3O3S/c1-15(2)18-6-8-19(9-7-18)26-22(29)14-27-21-11-12-32-23(21)24(30)28(25(27)31)20-10-5-16(3)17(4)13-20/h5-13,15H,14H2,1-4H3,(H,26,29). The molecule has 1 amide bonds. The third-order valence-electron chi connectivity index (χ3n) is 5.67. The Morgan fingerprint density at radius 1 is 1.00 bits per heavy atom. The summed E-state index contributed by atoms with van der Waals surface area (Å²) in [6.45, 7) is 7.93. The largest absolute Gasteiger partial charge is 0.336 e. The van der Waals surface area contributed by atoms with E-state index in [1.54, 1.807) is 17.5 Å². The van der Waals surface area contributed by atoms with Gasteiger partial charge in [0.05, 0.1) is 11.2 Å². The second-order valence-electron chi connectivity index (χ2n) is 8.24. The number of fused-ring (bicyclic) bond motifs is 1. The van der Waals surface area contributed by atoms with Crippen LogP contribution in [0.2, 0.25) is 0 Å². The minimum Gasteiger partial charge on any atom is -0.325 e. The quantitative estimate of drug-likeness (QED) is 0.486. The van der Waals surface area contributed by atoms with Crippen molar-refractivity contribution in [3.05, 3.63) is 91.4 Å². The molecule has 2 heterocycles. The van der Waals surface area contributed by atoms with Gasteiger partial charge in [0.1, 0.15) is 11.2 Å². The van der Waals surface area contributed by atoms with E-state index in [-0.39, 0.29) is 18.0 Å². The molecule has 0 radical (unpaired) electrons. The molecule has 0 aliphatic carbocycles. The Morgan fingerprint density at radius 3 is 2.38 bits per heavy atom. The van der Waals surface area contributed by atoms with E-state index in [0.29, 0.717) is 27.5 Å². The molecule has 0 unspecified atom stereocenters. The topological polar surface area (TPSA) is 73.1 Å². The Labute approximate surface area is 189 Å². The first kappa shape index (κ1) is 21.8. The summed E-state index contributed by atoms with van der Waals surface area (Å²) >= 11 is 1.26. The van der Waals surface area contributed by atoms with Crippen molar-refractivity contribution in [1.29, 1.82) is 0 Å². The summed E-state index contributed by atoms with van der Waals surface area (Å²) in [5.74, 6) is 0.0684. The van der Waals surface area contributed by atoms with Crippen LogP contribution in [0.3, 0.4) is 0 Å². The molecular weight excluding hydrogens is 422 g/mol. The molecule has 0 atom stereocenters. The number of nitrogens with zero attached hydrogens (tertiary/aromatic N) is 2. The fraction of sp³-hybridized carbons (Fsp3) is 0.240. The van der Waals surface area contributed by atoms with Crippen LogP contribution in [0.4, 0.5) is 5.69 Å². The SMILES string of the molecule is Cc1ccc(-n2c(=O)c3sccc3n(CC(=O)Nc3ccc(C(C)C)cc3)c2=O)cc1C. The first-order chi connectivity index (χ1) is 15.3. The summed E-state index contributed by atoms with van der Waals surface area (Å²) in [5, 5.41) is 4.61. The second kappa shape index (κ2) is 8.59. The second-order valence-corrected chi connectivity index (χ2v) is 9.15. The van der Waals surface area contributed by atoms with Crippen molar-refractivity contribution in [2.75, 3.05) is 5.32 Å². The van der Waals surface area contributed by atoms with Crippen molar-refractivity contribution in [2.45, 2.75) is 40.2 Å². The zero-order valence-electron chi connectivity index (χ0n) is 18.5. The summed E-state index contributed by atoms with van der Waals surface area (Å²) in [4.78, 5) is 39.2. The first-order valence-electron chi connectivity index (χ1n) is 10.5. The van der Waals surface area contributed by atoms with Crippen molar-refractivity contribution >= 4 is 33.1 Å². The van der Waals surface area contributed by atoms with Gasteiger partial charge in [-0.1, -0.05) is 32.0 Å². The Bertz CT molecular complexity index is 1430. The highest BCUT2D eigenvalue weighted by Crippen LogP contribution is 2.19. The van der Waals surface area contributed by atoms with Crippen LogP contribution < -0.4 is 16.6 Å². The van der Waals surface area contributed by atoms with E-state index in [9.17, 15) is 14.4 Å². The lowest BCUT2D eigenvalue weighted by Gasteiger charge is -2.14. The molecule has 0 aliphatic rings. The molecule has 0 aliphatic heterocycles. The third kappa shape index (κ3) is 4.03. The van der Waals surface area contributed by atoms with E-state index >= 15 is 0 Å². The monoisotopic (exact) mass is 447 g/mol. The summed E-state index contributed by atoms with van der Waals surface area (Å²) in [6.07, 6.45) is 0. The Balaban J connectivity index is 1.73. The van der Waals surface area contributed by atoms with Gasteiger partial charge in [-0.15, -0.1) is 11.3 Å². The van der Waals surface area contributed by atoms with Crippen LogP contribution in [0.5, 0.6) is 0 Å². The number of rotatable bonds is 5. The van der Waals surface area contributed by atoms with Gasteiger partial charge in [-0.2, -0.15) is 0 Å². The Kier molecular flexibility index (Phi) is 5.84. The van der Waals surface area contributed by atoms with Crippen molar-refractivity contribution in [2.24, 2.45) is 0 Å². The zero-order chi connectivity index (χ0) is 23.0. The highest BCUT2D eigenvalue weighted by molar-refractivity contribution is 7.17. The molecule has 0 saturated heterocycles. The molecule has 0 spiro atoms. The molecule has 0 saturated carbocycles. The van der Waals surface area contributed by atoms with Gasteiger partial charge >= 0.3 is 5.69 Å². The third-order valence-corrected chi connectivity index (χ3v) is 6.56. The maximum atomic E-state index is 13.4. The van der Waals surface area contributed by atoms with Crippen molar-refractivity contribution < 1.29 is 4.79 Å². The van der Waals surface area contributed by atoms with Gasteiger partial charge < -0.3 is 5.32 Å². The molecule has 6 nitrogen and oxygen atoms in total. The van der Waals surface area contributed by atoms with Crippen LogP contribution in [0.25, 0.3) is 15.9 Å². The molecule has 1 N–H and O–H groups in total. The van der Waals surface area contributed by atoms with E-state index in [4.69, 9.17) is 0 Å². The molecule has 2 aromatic heterocycles. The number of benzene rings is 2. The number of hydrogen-bond acceptors (Lipinski definition) is 4. The fourth-order valence-corrected chi connectivity index (χ4v) is 4.45. The van der Waals surface area contributed by atoms with Crippen LogP contribution in [0, 0.1) is 13.8 Å². The summed E-state index contributed by atoms with van der Waals surface area (Å²) in [6, 6.07) is 14.8. The molecule has 32 heavy (non-hydrogen) atoms. The van der Waals surface area contributed by atoms with E-state index in [1.807, 2.05) is 50.2 Å². The highest BCUT2D eigenvalue weighted by atomic mass is 32.1. The van der Waals surface area contributed by atoms with Crippen molar-refractivity contribution in [1.82, 2.24) is 9.13 Å². The van der Waals surface area contributed by atoms with Crippen LogP contribution >= 0.6 is 11.3 Å². The number of nitrogens with one attached hydrogen (secondary N) is 1. The lowest BCUT2D eigenvalue weighted by atomic mass is 10.0. The molecular formula is C25H25N3O3S. The van der Waals surface area contributed by atoms with Gasteiger partial charge in [0.15, 0.2) is 0 Å². The van der Waals surface area contributed by atoms with Gasteiger partial charge in [0.25, 0.3) is 5.56 Å². The number of aromatic nitrogens is 2. The van der Waals surface area contributed by atoms with Gasteiger partial charge in [-0.3, -0.25) is 14.2 Å². The van der Waals surface area contributed by atoms with E-state index in [2.05, 4.69) is 19.2 Å². The normalized spacial score (nSPS) is 11.3. The van der Waals surface area contributed by atoms with Gasteiger partial charge in [0.2, 0.25) is 5.91 Å². The number of thiophene rings is 1. The minimum atomic E-state index is -0.533. The molecule has 7 heteroatoms. The summed E-state index contributed by atoms with van der Waals surface area (Å²) in [7, 11) is 0. The smallest absolute Gasteiger partial charge is 0.325 e. The van der Waals surface area contributed by atoms with Crippen LogP contribution in [-0.4, -0.2) is 15.0 Å². The van der Waals surface area contributed by atoms with Crippen LogP contribution in [-0.2, 0) is 11.3 Å². The minimum absolute atomic E-state index is 0.191. The Morgan fingerprint density at radius 2 is 1.72 bits per heavy atom. The molecule has 0 bridgehead atoms. The molecule has 164 valence electrons. The molecule has 4 aromatic rings. The number of carbonyl (C=O) groups excluding carboxylic acids is 1. The zero-order valence-corrected chi connectivity index (χ0v) is 19.3. The van der Waals surface area contributed by atoms with Gasteiger partial charge in [-0.25, -0.2) is 9.36 Å². The molecule has 4 rings (SSSR count). The average Bonchev–Trinajstić information content (AvgIpc) is 3.24. The van der Waals surface area contributed by atoms with E-state index < -0.39 is 5.69 Å².